The number of hydrogen-bond acceptors (Lipinski definition) is 7. The lowest BCUT2D eigenvalue weighted by Crippen LogP contribution is -2.49. The molecule has 0 aliphatic carbocycles. The summed E-state index contributed by atoms with van der Waals surface area (Å²) < 4.78 is 5.45. The molecule has 0 saturated carbocycles. The maximum atomic E-state index is 5.45. The minimum Gasteiger partial charge on any atom is -0.379 e. The van der Waals surface area contributed by atoms with Crippen molar-refractivity contribution in [1.29, 1.82) is 0 Å². The molecule has 29 heavy (non-hydrogen) atoms. The first-order valence-corrected chi connectivity index (χ1v) is 11.1. The van der Waals surface area contributed by atoms with Gasteiger partial charge in [-0.15, -0.1) is 0 Å². The maximum absolute atomic E-state index is 5.45. The van der Waals surface area contributed by atoms with Crippen LogP contribution in [0.4, 0.5) is 11.5 Å². The highest BCUT2D eigenvalue weighted by molar-refractivity contribution is 5.92. The zero-order valence-electron chi connectivity index (χ0n) is 17.3. The molecule has 3 aliphatic heterocycles. The molecular formula is C22H32N6O. The number of nitrogens with zero attached hydrogens (tertiary/aromatic N) is 6. The zero-order valence-corrected chi connectivity index (χ0v) is 17.3. The van der Waals surface area contributed by atoms with Gasteiger partial charge in [0.1, 0.15) is 12.1 Å². The van der Waals surface area contributed by atoms with Gasteiger partial charge in [-0.2, -0.15) is 0 Å². The molecule has 1 aromatic heterocycles. The molecule has 0 atom stereocenters. The fourth-order valence-corrected chi connectivity index (χ4v) is 4.75. The van der Waals surface area contributed by atoms with Gasteiger partial charge in [-0.25, -0.2) is 9.97 Å². The van der Waals surface area contributed by atoms with E-state index in [1.807, 2.05) is 0 Å². The van der Waals surface area contributed by atoms with Gasteiger partial charge in [-0.3, -0.25) is 9.80 Å². The fraction of sp³-hybridized carbons (Fsp3) is 0.636. The number of fused-ring (bicyclic) bond motifs is 1. The predicted molar refractivity (Wildman–Crippen MR) is 117 cm³/mol. The molecule has 0 bridgehead atoms. The summed E-state index contributed by atoms with van der Waals surface area (Å²) in [4.78, 5) is 19.2. The molecule has 0 amide bonds. The SMILES string of the molecule is c1nc(N2CCCC2)c2cc(N3CCN(CCN4CCOCC4)CC3)ccc2n1. The van der Waals surface area contributed by atoms with Crippen LogP contribution in [0.2, 0.25) is 0 Å². The van der Waals surface area contributed by atoms with E-state index in [1.54, 1.807) is 6.33 Å². The molecule has 0 spiro atoms. The highest BCUT2D eigenvalue weighted by atomic mass is 16.5. The first-order valence-electron chi connectivity index (χ1n) is 11.1. The summed E-state index contributed by atoms with van der Waals surface area (Å²) in [5, 5.41) is 1.20. The second-order valence-corrected chi connectivity index (χ2v) is 8.38. The van der Waals surface area contributed by atoms with Crippen LogP contribution in [0.3, 0.4) is 0 Å². The highest BCUT2D eigenvalue weighted by Gasteiger charge is 2.21. The van der Waals surface area contributed by atoms with Gasteiger partial charge in [-0.05, 0) is 31.0 Å². The van der Waals surface area contributed by atoms with E-state index in [0.29, 0.717) is 0 Å². The largest absolute Gasteiger partial charge is 0.379 e. The third kappa shape index (κ3) is 4.32. The molecule has 3 aliphatic rings. The molecular weight excluding hydrogens is 364 g/mol. The van der Waals surface area contributed by atoms with E-state index in [1.165, 1.54) is 30.5 Å². The Labute approximate surface area is 173 Å². The molecule has 3 saturated heterocycles. The summed E-state index contributed by atoms with van der Waals surface area (Å²) >= 11 is 0. The van der Waals surface area contributed by atoms with Crippen molar-refractivity contribution in [3.8, 4) is 0 Å². The number of ether oxygens (including phenoxy) is 1. The average molecular weight is 397 g/mol. The number of morpholine rings is 1. The molecule has 7 heteroatoms. The van der Waals surface area contributed by atoms with Gasteiger partial charge in [0.05, 0.1) is 18.7 Å². The molecule has 1 aromatic carbocycles. The van der Waals surface area contributed by atoms with Gasteiger partial charge in [0, 0.05) is 76.5 Å². The predicted octanol–water partition coefficient (Wildman–Crippen LogP) is 1.68. The Morgan fingerprint density at radius 2 is 1.48 bits per heavy atom. The Morgan fingerprint density at radius 1 is 0.759 bits per heavy atom. The van der Waals surface area contributed by atoms with Crippen LogP contribution in [0.25, 0.3) is 10.9 Å². The quantitative estimate of drug-likeness (QED) is 0.762. The van der Waals surface area contributed by atoms with Crippen LogP contribution in [0.5, 0.6) is 0 Å². The van der Waals surface area contributed by atoms with E-state index in [9.17, 15) is 0 Å². The van der Waals surface area contributed by atoms with Crippen molar-refractivity contribution in [1.82, 2.24) is 19.8 Å². The Bertz CT molecular complexity index is 810. The van der Waals surface area contributed by atoms with Crippen LogP contribution >= 0.6 is 0 Å². The van der Waals surface area contributed by atoms with E-state index < -0.39 is 0 Å². The molecule has 0 unspecified atom stereocenters. The summed E-state index contributed by atoms with van der Waals surface area (Å²) in [5.41, 5.74) is 2.36. The summed E-state index contributed by atoms with van der Waals surface area (Å²) in [6, 6.07) is 6.70. The smallest absolute Gasteiger partial charge is 0.139 e. The lowest BCUT2D eigenvalue weighted by atomic mass is 10.1. The molecule has 5 rings (SSSR count). The Morgan fingerprint density at radius 3 is 2.24 bits per heavy atom. The number of aromatic nitrogens is 2. The van der Waals surface area contributed by atoms with Crippen LogP contribution in [0.15, 0.2) is 24.5 Å². The fourth-order valence-electron chi connectivity index (χ4n) is 4.75. The third-order valence-electron chi connectivity index (χ3n) is 6.58. The summed E-state index contributed by atoms with van der Waals surface area (Å²) in [5.74, 6) is 1.11. The number of anilines is 2. The van der Waals surface area contributed by atoms with Gasteiger partial charge in [0.2, 0.25) is 0 Å². The number of hydrogen-bond donors (Lipinski definition) is 0. The topological polar surface area (TPSA) is 48.0 Å². The Balaban J connectivity index is 1.23. The number of rotatable bonds is 5. The van der Waals surface area contributed by atoms with Gasteiger partial charge < -0.3 is 14.5 Å². The van der Waals surface area contributed by atoms with Gasteiger partial charge in [0.25, 0.3) is 0 Å². The lowest BCUT2D eigenvalue weighted by molar-refractivity contribution is 0.0331. The van der Waals surface area contributed by atoms with E-state index in [0.717, 1.165) is 83.5 Å². The zero-order chi connectivity index (χ0) is 19.5. The molecule has 0 radical (unpaired) electrons. The Kier molecular flexibility index (Phi) is 5.78. The molecule has 7 nitrogen and oxygen atoms in total. The van der Waals surface area contributed by atoms with E-state index in [-0.39, 0.29) is 0 Å². The van der Waals surface area contributed by atoms with E-state index in [2.05, 4.69) is 47.8 Å². The third-order valence-corrected chi connectivity index (χ3v) is 6.58. The average Bonchev–Trinajstić information content (AvgIpc) is 3.33. The minimum absolute atomic E-state index is 0.888. The van der Waals surface area contributed by atoms with Crippen molar-refractivity contribution in [3.05, 3.63) is 24.5 Å². The molecule has 3 fully saturated rings. The lowest BCUT2D eigenvalue weighted by Gasteiger charge is -2.37. The minimum atomic E-state index is 0.888. The molecule has 4 heterocycles. The van der Waals surface area contributed by atoms with E-state index >= 15 is 0 Å². The second kappa shape index (κ2) is 8.81. The van der Waals surface area contributed by atoms with Crippen LogP contribution in [0, 0.1) is 0 Å². The van der Waals surface area contributed by atoms with Crippen LogP contribution in [-0.2, 0) is 4.74 Å². The van der Waals surface area contributed by atoms with Crippen LogP contribution in [0.1, 0.15) is 12.8 Å². The van der Waals surface area contributed by atoms with Gasteiger partial charge in [0.15, 0.2) is 0 Å². The second-order valence-electron chi connectivity index (χ2n) is 8.38. The monoisotopic (exact) mass is 396 g/mol. The first kappa shape index (κ1) is 19.0. The van der Waals surface area contributed by atoms with Crippen molar-refractivity contribution in [3.63, 3.8) is 0 Å². The molecule has 0 N–H and O–H groups in total. The van der Waals surface area contributed by atoms with Gasteiger partial charge in [-0.1, -0.05) is 0 Å². The van der Waals surface area contributed by atoms with Crippen molar-refractivity contribution < 1.29 is 4.74 Å². The molecule has 2 aromatic rings. The first-order chi connectivity index (χ1) is 14.4. The van der Waals surface area contributed by atoms with Crippen molar-refractivity contribution in [2.45, 2.75) is 12.8 Å². The number of piperazine rings is 1. The van der Waals surface area contributed by atoms with Crippen molar-refractivity contribution in [2.75, 3.05) is 88.5 Å². The maximum Gasteiger partial charge on any atom is 0.139 e. The van der Waals surface area contributed by atoms with Crippen molar-refractivity contribution in [2.24, 2.45) is 0 Å². The number of benzene rings is 1. The van der Waals surface area contributed by atoms with Crippen LogP contribution in [-0.4, -0.2) is 98.4 Å². The van der Waals surface area contributed by atoms with Crippen molar-refractivity contribution >= 4 is 22.4 Å². The normalized spacial score (nSPS) is 21.9. The summed E-state index contributed by atoms with van der Waals surface area (Å²) in [7, 11) is 0. The summed E-state index contributed by atoms with van der Waals surface area (Å²) in [6.45, 7) is 12.9. The molecule has 156 valence electrons. The van der Waals surface area contributed by atoms with Gasteiger partial charge >= 0.3 is 0 Å². The summed E-state index contributed by atoms with van der Waals surface area (Å²) in [6.07, 6.45) is 4.23. The van der Waals surface area contributed by atoms with E-state index in [4.69, 9.17) is 4.74 Å². The Hall–Kier alpha value is -1.96. The standard InChI is InChI=1S/C22H32N6O/c1-2-6-28(5-1)22-20-17-19(3-4-21(20)23-18-24-22)27-11-9-25(10-12-27)7-8-26-13-15-29-16-14-26/h3-4,17-18H,1-2,5-16H2. The van der Waals surface area contributed by atoms with Crippen LogP contribution < -0.4 is 9.80 Å². The highest BCUT2D eigenvalue weighted by Crippen LogP contribution is 2.29.